The lowest BCUT2D eigenvalue weighted by molar-refractivity contribution is -0.121. The average Bonchev–Trinajstić information content (AvgIpc) is 2.51. The Hall–Kier alpha value is -0.650. The van der Waals surface area contributed by atoms with Gasteiger partial charge in [0.2, 0.25) is 5.91 Å². The molecule has 1 atom stereocenters. The van der Waals surface area contributed by atoms with Gasteiger partial charge in [-0.15, -0.1) is 0 Å². The highest BCUT2D eigenvalue weighted by atomic mass is 16.5. The summed E-state index contributed by atoms with van der Waals surface area (Å²) in [6, 6.07) is 0. The molecule has 1 heterocycles. The molecule has 3 N–H and O–H groups in total. The van der Waals surface area contributed by atoms with E-state index in [1.54, 1.807) is 7.05 Å². The Morgan fingerprint density at radius 3 is 3.00 bits per heavy atom. The Morgan fingerprint density at radius 1 is 1.69 bits per heavy atom. The van der Waals surface area contributed by atoms with Gasteiger partial charge in [0.25, 0.3) is 0 Å². The van der Waals surface area contributed by atoms with E-state index in [1.165, 1.54) is 0 Å². The molecule has 0 aliphatic carbocycles. The number of likely N-dealkylation sites (N-methyl/N-ethyl adjacent to an activating group) is 1. The van der Waals surface area contributed by atoms with Crippen molar-refractivity contribution in [2.45, 2.75) is 12.0 Å². The lowest BCUT2D eigenvalue weighted by atomic mass is 10.0. The third kappa shape index (κ3) is 3.30. The number of carbonyl (C=O) groups is 1. The summed E-state index contributed by atoms with van der Waals surface area (Å²) in [5, 5.41) is 15.1. The summed E-state index contributed by atoms with van der Waals surface area (Å²) < 4.78 is 5.04. The number of hydrogen-bond donors (Lipinski definition) is 3. The van der Waals surface area contributed by atoms with Gasteiger partial charge in [-0.1, -0.05) is 0 Å². The van der Waals surface area contributed by atoms with Crippen LogP contribution in [0, 0.1) is 0 Å². The number of amides is 1. The van der Waals surface area contributed by atoms with Gasteiger partial charge in [0.05, 0.1) is 13.2 Å². The number of rotatable bonds is 4. The van der Waals surface area contributed by atoms with Crippen molar-refractivity contribution in [3.63, 3.8) is 0 Å². The first-order valence-electron chi connectivity index (χ1n) is 4.38. The van der Waals surface area contributed by atoms with E-state index in [0.29, 0.717) is 19.6 Å². The summed E-state index contributed by atoms with van der Waals surface area (Å²) in [5.41, 5.74) is -0.858. The molecular weight excluding hydrogens is 172 g/mol. The van der Waals surface area contributed by atoms with Crippen molar-refractivity contribution in [3.05, 3.63) is 0 Å². The fourth-order valence-corrected chi connectivity index (χ4v) is 1.22. The zero-order chi connectivity index (χ0) is 9.73. The summed E-state index contributed by atoms with van der Waals surface area (Å²) in [6.45, 7) is 1.43. The second-order valence-electron chi connectivity index (χ2n) is 3.33. The van der Waals surface area contributed by atoms with Crippen molar-refractivity contribution in [1.29, 1.82) is 0 Å². The largest absolute Gasteiger partial charge is 0.386 e. The SMILES string of the molecule is CNCC(=O)NCC1(O)CCOC1. The number of aliphatic hydroxyl groups is 1. The normalized spacial score (nSPS) is 27.5. The van der Waals surface area contributed by atoms with Crippen LogP contribution in [-0.2, 0) is 9.53 Å². The minimum Gasteiger partial charge on any atom is -0.386 e. The lowest BCUT2D eigenvalue weighted by Gasteiger charge is -2.20. The van der Waals surface area contributed by atoms with E-state index in [4.69, 9.17) is 4.74 Å². The molecule has 1 saturated heterocycles. The molecule has 1 fully saturated rings. The fourth-order valence-electron chi connectivity index (χ4n) is 1.22. The zero-order valence-electron chi connectivity index (χ0n) is 7.80. The second-order valence-corrected chi connectivity index (χ2v) is 3.33. The van der Waals surface area contributed by atoms with Crippen LogP contribution >= 0.6 is 0 Å². The van der Waals surface area contributed by atoms with E-state index >= 15 is 0 Å². The van der Waals surface area contributed by atoms with Crippen molar-refractivity contribution < 1.29 is 14.6 Å². The predicted molar refractivity (Wildman–Crippen MR) is 47.3 cm³/mol. The number of carbonyl (C=O) groups excluding carboxylic acids is 1. The molecule has 13 heavy (non-hydrogen) atoms. The van der Waals surface area contributed by atoms with Gasteiger partial charge in [-0.3, -0.25) is 4.79 Å². The summed E-state index contributed by atoms with van der Waals surface area (Å²) in [4.78, 5) is 11.0. The van der Waals surface area contributed by atoms with Crippen LogP contribution in [0.3, 0.4) is 0 Å². The molecule has 0 radical (unpaired) electrons. The standard InChI is InChI=1S/C8H16N2O3/c1-9-4-7(11)10-5-8(12)2-3-13-6-8/h9,12H,2-6H2,1H3,(H,10,11). The van der Waals surface area contributed by atoms with Crippen LogP contribution < -0.4 is 10.6 Å². The first kappa shape index (κ1) is 10.4. The predicted octanol–water partition coefficient (Wildman–Crippen LogP) is -1.53. The molecule has 5 nitrogen and oxygen atoms in total. The molecule has 0 bridgehead atoms. The van der Waals surface area contributed by atoms with Crippen molar-refractivity contribution in [3.8, 4) is 0 Å². The van der Waals surface area contributed by atoms with Crippen LogP contribution in [0.2, 0.25) is 0 Å². The van der Waals surface area contributed by atoms with Gasteiger partial charge in [-0.25, -0.2) is 0 Å². The van der Waals surface area contributed by atoms with Crippen molar-refractivity contribution in [2.75, 3.05) is 33.4 Å². The van der Waals surface area contributed by atoms with Crippen molar-refractivity contribution in [1.82, 2.24) is 10.6 Å². The number of nitrogens with one attached hydrogen (secondary N) is 2. The van der Waals surface area contributed by atoms with Gasteiger partial charge in [0.15, 0.2) is 0 Å². The summed E-state index contributed by atoms with van der Waals surface area (Å²) in [7, 11) is 1.70. The van der Waals surface area contributed by atoms with Crippen LogP contribution in [0.5, 0.6) is 0 Å². The summed E-state index contributed by atoms with van der Waals surface area (Å²) in [6.07, 6.45) is 0.590. The number of ether oxygens (including phenoxy) is 1. The highest BCUT2D eigenvalue weighted by molar-refractivity contribution is 5.78. The Balaban J connectivity index is 2.21. The van der Waals surface area contributed by atoms with Crippen LogP contribution in [0.4, 0.5) is 0 Å². The van der Waals surface area contributed by atoms with Crippen LogP contribution in [0.25, 0.3) is 0 Å². The maximum atomic E-state index is 11.0. The van der Waals surface area contributed by atoms with Gasteiger partial charge in [-0.2, -0.15) is 0 Å². The maximum Gasteiger partial charge on any atom is 0.234 e. The molecule has 1 aliphatic rings. The first-order valence-corrected chi connectivity index (χ1v) is 4.38. The highest BCUT2D eigenvalue weighted by Crippen LogP contribution is 2.16. The first-order chi connectivity index (χ1) is 6.16. The lowest BCUT2D eigenvalue weighted by Crippen LogP contribution is -2.45. The van der Waals surface area contributed by atoms with E-state index < -0.39 is 5.60 Å². The van der Waals surface area contributed by atoms with Gasteiger partial charge < -0.3 is 20.5 Å². The zero-order valence-corrected chi connectivity index (χ0v) is 7.80. The summed E-state index contributed by atoms with van der Waals surface area (Å²) in [5.74, 6) is -0.108. The van der Waals surface area contributed by atoms with Gasteiger partial charge >= 0.3 is 0 Å². The Morgan fingerprint density at radius 2 is 2.46 bits per heavy atom. The fraction of sp³-hybridized carbons (Fsp3) is 0.875. The Kier molecular flexibility index (Phi) is 3.65. The maximum absolute atomic E-state index is 11.0. The second kappa shape index (κ2) is 4.55. The third-order valence-electron chi connectivity index (χ3n) is 2.03. The number of hydrogen-bond acceptors (Lipinski definition) is 4. The summed E-state index contributed by atoms with van der Waals surface area (Å²) >= 11 is 0. The molecule has 1 unspecified atom stereocenters. The van der Waals surface area contributed by atoms with Crippen LogP contribution in [0.1, 0.15) is 6.42 Å². The molecule has 0 saturated carbocycles. The van der Waals surface area contributed by atoms with E-state index in [1.807, 2.05) is 0 Å². The van der Waals surface area contributed by atoms with Gasteiger partial charge in [0.1, 0.15) is 5.60 Å². The van der Waals surface area contributed by atoms with Gasteiger partial charge in [-0.05, 0) is 7.05 Å². The van der Waals surface area contributed by atoms with Crippen LogP contribution in [0.15, 0.2) is 0 Å². The monoisotopic (exact) mass is 188 g/mol. The molecule has 0 aromatic rings. The highest BCUT2D eigenvalue weighted by Gasteiger charge is 2.32. The van der Waals surface area contributed by atoms with E-state index in [9.17, 15) is 9.90 Å². The smallest absolute Gasteiger partial charge is 0.234 e. The average molecular weight is 188 g/mol. The van der Waals surface area contributed by atoms with Gasteiger partial charge in [0, 0.05) is 19.6 Å². The van der Waals surface area contributed by atoms with Crippen molar-refractivity contribution >= 4 is 5.91 Å². The third-order valence-corrected chi connectivity index (χ3v) is 2.03. The molecule has 0 aromatic heterocycles. The molecule has 0 aromatic carbocycles. The minimum absolute atomic E-state index is 0.108. The molecule has 1 aliphatic heterocycles. The molecular formula is C8H16N2O3. The topological polar surface area (TPSA) is 70.6 Å². The van der Waals surface area contributed by atoms with E-state index in [-0.39, 0.29) is 19.0 Å². The molecule has 1 amide bonds. The Bertz CT molecular complexity index is 178. The molecule has 5 heteroatoms. The minimum atomic E-state index is -0.858. The molecule has 76 valence electrons. The van der Waals surface area contributed by atoms with E-state index in [2.05, 4.69) is 10.6 Å². The molecule has 1 rings (SSSR count). The molecule has 0 spiro atoms. The van der Waals surface area contributed by atoms with Crippen molar-refractivity contribution in [2.24, 2.45) is 0 Å². The van der Waals surface area contributed by atoms with Crippen LogP contribution in [-0.4, -0.2) is 50.0 Å². The quantitative estimate of drug-likeness (QED) is 0.501. The van der Waals surface area contributed by atoms with E-state index in [0.717, 1.165) is 0 Å². The Labute approximate surface area is 77.5 Å².